The molecular formula is C17H13N3O2. The lowest BCUT2D eigenvalue weighted by Crippen LogP contribution is -1.99. The van der Waals surface area contributed by atoms with Gasteiger partial charge in [-0.25, -0.2) is 9.78 Å². The third-order valence-electron chi connectivity index (χ3n) is 3.17. The number of rotatable bonds is 3. The van der Waals surface area contributed by atoms with E-state index in [1.54, 1.807) is 6.20 Å². The number of aryl methyl sites for hydroxylation is 1. The van der Waals surface area contributed by atoms with Crippen LogP contribution < -0.4 is 0 Å². The van der Waals surface area contributed by atoms with Crippen LogP contribution in [0.2, 0.25) is 0 Å². The van der Waals surface area contributed by atoms with Gasteiger partial charge in [-0.2, -0.15) is 0 Å². The van der Waals surface area contributed by atoms with E-state index < -0.39 is 5.97 Å². The highest BCUT2D eigenvalue weighted by atomic mass is 16.4. The molecule has 0 aliphatic rings. The van der Waals surface area contributed by atoms with E-state index in [9.17, 15) is 4.79 Å². The zero-order valence-electron chi connectivity index (χ0n) is 11.9. The molecule has 0 saturated heterocycles. The van der Waals surface area contributed by atoms with Gasteiger partial charge in [0.2, 0.25) is 0 Å². The predicted molar refractivity (Wildman–Crippen MR) is 82.4 cm³/mol. The summed E-state index contributed by atoms with van der Waals surface area (Å²) in [5, 5.41) is 9.09. The van der Waals surface area contributed by atoms with Crippen LogP contribution in [0.4, 0.5) is 0 Å². The maximum Gasteiger partial charge on any atom is 0.335 e. The number of carbonyl (C=O) groups is 1. The molecule has 3 aromatic rings. The van der Waals surface area contributed by atoms with Crippen LogP contribution in [0.1, 0.15) is 15.9 Å². The molecule has 5 nitrogen and oxygen atoms in total. The van der Waals surface area contributed by atoms with Crippen molar-refractivity contribution in [2.24, 2.45) is 0 Å². The van der Waals surface area contributed by atoms with Gasteiger partial charge in [-0.05, 0) is 48.9 Å². The molecule has 5 heteroatoms. The second-order valence-corrected chi connectivity index (χ2v) is 4.86. The number of aromatic carboxylic acids is 1. The van der Waals surface area contributed by atoms with E-state index in [0.717, 1.165) is 17.0 Å². The lowest BCUT2D eigenvalue weighted by Gasteiger charge is -2.06. The second-order valence-electron chi connectivity index (χ2n) is 4.86. The van der Waals surface area contributed by atoms with Crippen LogP contribution in [0.3, 0.4) is 0 Å². The fourth-order valence-electron chi connectivity index (χ4n) is 2.15. The van der Waals surface area contributed by atoms with Crippen LogP contribution in [0.5, 0.6) is 0 Å². The number of pyridine rings is 3. The van der Waals surface area contributed by atoms with Gasteiger partial charge >= 0.3 is 5.97 Å². The van der Waals surface area contributed by atoms with Crippen molar-refractivity contribution in [3.8, 4) is 22.8 Å². The molecule has 3 rings (SSSR count). The van der Waals surface area contributed by atoms with Gasteiger partial charge in [0.1, 0.15) is 0 Å². The molecule has 0 amide bonds. The number of carboxylic acid groups (broad SMARTS) is 1. The van der Waals surface area contributed by atoms with Crippen molar-refractivity contribution in [2.75, 3.05) is 0 Å². The largest absolute Gasteiger partial charge is 0.478 e. The summed E-state index contributed by atoms with van der Waals surface area (Å²) in [7, 11) is 0. The van der Waals surface area contributed by atoms with Crippen LogP contribution in [0.15, 0.2) is 54.9 Å². The highest BCUT2D eigenvalue weighted by molar-refractivity contribution is 5.88. The summed E-state index contributed by atoms with van der Waals surface area (Å²) in [5.74, 6) is -0.985. The molecule has 0 saturated carbocycles. The van der Waals surface area contributed by atoms with Crippen LogP contribution in [0.25, 0.3) is 22.8 Å². The monoisotopic (exact) mass is 291 g/mol. The van der Waals surface area contributed by atoms with E-state index in [2.05, 4.69) is 15.0 Å². The molecular weight excluding hydrogens is 278 g/mol. The van der Waals surface area contributed by atoms with Crippen molar-refractivity contribution in [3.63, 3.8) is 0 Å². The van der Waals surface area contributed by atoms with Gasteiger partial charge in [0.15, 0.2) is 0 Å². The third kappa shape index (κ3) is 2.83. The topological polar surface area (TPSA) is 76.0 Å². The molecule has 1 N–H and O–H groups in total. The summed E-state index contributed by atoms with van der Waals surface area (Å²) >= 11 is 0. The maximum absolute atomic E-state index is 11.1. The summed E-state index contributed by atoms with van der Waals surface area (Å²) in [6, 6.07) is 12.4. The molecule has 0 aliphatic carbocycles. The first-order valence-electron chi connectivity index (χ1n) is 6.73. The average Bonchev–Trinajstić information content (AvgIpc) is 2.55. The minimum absolute atomic E-state index is 0.188. The molecule has 0 aromatic carbocycles. The molecule has 0 unspecified atom stereocenters. The van der Waals surface area contributed by atoms with Gasteiger partial charge in [0.05, 0.1) is 28.3 Å². The first kappa shape index (κ1) is 13.9. The Morgan fingerprint density at radius 1 is 0.909 bits per heavy atom. The molecule has 22 heavy (non-hydrogen) atoms. The van der Waals surface area contributed by atoms with Gasteiger partial charge in [-0.3, -0.25) is 9.97 Å². The minimum atomic E-state index is -0.985. The Morgan fingerprint density at radius 2 is 1.64 bits per heavy atom. The first-order chi connectivity index (χ1) is 10.6. The Labute approximate surface area is 127 Å². The van der Waals surface area contributed by atoms with Gasteiger partial charge < -0.3 is 5.11 Å². The second kappa shape index (κ2) is 5.73. The molecule has 0 radical (unpaired) electrons. The quantitative estimate of drug-likeness (QED) is 0.801. The molecule has 0 spiro atoms. The van der Waals surface area contributed by atoms with Crippen molar-refractivity contribution < 1.29 is 9.90 Å². The molecule has 0 aliphatic heterocycles. The highest BCUT2D eigenvalue weighted by Crippen LogP contribution is 2.22. The van der Waals surface area contributed by atoms with Crippen LogP contribution >= 0.6 is 0 Å². The first-order valence-corrected chi connectivity index (χ1v) is 6.73. The van der Waals surface area contributed by atoms with Crippen LogP contribution in [-0.2, 0) is 0 Å². The number of aromatic nitrogens is 3. The summed E-state index contributed by atoms with van der Waals surface area (Å²) in [4.78, 5) is 24.2. The number of hydrogen-bond donors (Lipinski definition) is 1. The minimum Gasteiger partial charge on any atom is -0.478 e. The average molecular weight is 291 g/mol. The maximum atomic E-state index is 11.1. The molecule has 3 heterocycles. The van der Waals surface area contributed by atoms with Gasteiger partial charge in [0.25, 0.3) is 0 Å². The Hall–Kier alpha value is -3.08. The Morgan fingerprint density at radius 3 is 2.32 bits per heavy atom. The summed E-state index contributed by atoms with van der Waals surface area (Å²) < 4.78 is 0. The van der Waals surface area contributed by atoms with Crippen molar-refractivity contribution in [1.82, 2.24) is 15.0 Å². The number of nitrogens with zero attached hydrogens (tertiary/aromatic N) is 3. The van der Waals surface area contributed by atoms with Crippen molar-refractivity contribution in [3.05, 3.63) is 66.0 Å². The lowest BCUT2D eigenvalue weighted by molar-refractivity contribution is 0.0697. The van der Waals surface area contributed by atoms with Crippen LogP contribution in [0, 0.1) is 6.92 Å². The van der Waals surface area contributed by atoms with Gasteiger partial charge in [0, 0.05) is 12.4 Å². The van der Waals surface area contributed by atoms with Crippen molar-refractivity contribution in [1.29, 1.82) is 0 Å². The molecule has 0 fully saturated rings. The standard InChI is InChI=1S/C17H13N3O2/c1-11-8-15(13-4-2-3-6-18-13)20-16(9-11)14-10-12(17(21)22)5-7-19-14/h2-10H,1H3,(H,21,22). The Bertz CT molecular complexity index is 832. The predicted octanol–water partition coefficient (Wildman–Crippen LogP) is 3.21. The lowest BCUT2D eigenvalue weighted by atomic mass is 10.1. The fourth-order valence-corrected chi connectivity index (χ4v) is 2.15. The summed E-state index contributed by atoms with van der Waals surface area (Å²) in [5.41, 5.74) is 3.85. The third-order valence-corrected chi connectivity index (χ3v) is 3.17. The van der Waals surface area contributed by atoms with E-state index in [4.69, 9.17) is 5.11 Å². The number of hydrogen-bond acceptors (Lipinski definition) is 4. The Balaban J connectivity index is 2.10. The van der Waals surface area contributed by atoms with Gasteiger partial charge in [-0.1, -0.05) is 6.07 Å². The fraction of sp³-hybridized carbons (Fsp3) is 0.0588. The molecule has 108 valence electrons. The van der Waals surface area contributed by atoms with E-state index >= 15 is 0 Å². The van der Waals surface area contributed by atoms with E-state index in [0.29, 0.717) is 11.4 Å². The SMILES string of the molecule is Cc1cc(-c2ccccn2)nc(-c2cc(C(=O)O)ccn2)c1. The van der Waals surface area contributed by atoms with Crippen molar-refractivity contribution >= 4 is 5.97 Å². The molecule has 0 atom stereocenters. The van der Waals surface area contributed by atoms with E-state index in [1.165, 1.54) is 18.3 Å². The zero-order valence-corrected chi connectivity index (χ0v) is 11.9. The highest BCUT2D eigenvalue weighted by Gasteiger charge is 2.10. The van der Waals surface area contributed by atoms with Crippen molar-refractivity contribution in [2.45, 2.75) is 6.92 Å². The van der Waals surface area contributed by atoms with E-state index in [-0.39, 0.29) is 5.56 Å². The normalized spacial score (nSPS) is 10.4. The van der Waals surface area contributed by atoms with Gasteiger partial charge in [-0.15, -0.1) is 0 Å². The zero-order chi connectivity index (χ0) is 15.5. The molecule has 3 aromatic heterocycles. The molecule has 0 bridgehead atoms. The Kier molecular flexibility index (Phi) is 3.62. The summed E-state index contributed by atoms with van der Waals surface area (Å²) in [6.45, 7) is 1.96. The van der Waals surface area contributed by atoms with E-state index in [1.807, 2.05) is 37.3 Å². The number of carboxylic acids is 1. The van der Waals surface area contributed by atoms with Crippen LogP contribution in [-0.4, -0.2) is 26.0 Å². The smallest absolute Gasteiger partial charge is 0.335 e. The summed E-state index contributed by atoms with van der Waals surface area (Å²) in [6.07, 6.45) is 3.19.